The van der Waals surface area contributed by atoms with Crippen LogP contribution in [0.2, 0.25) is 0 Å². The van der Waals surface area contributed by atoms with Gasteiger partial charge in [-0.1, -0.05) is 11.3 Å². The highest BCUT2D eigenvalue weighted by Gasteiger charge is 2.12. The van der Waals surface area contributed by atoms with Gasteiger partial charge in [0.1, 0.15) is 0 Å². The van der Waals surface area contributed by atoms with E-state index in [1.54, 1.807) is 18.4 Å². The van der Waals surface area contributed by atoms with Gasteiger partial charge in [0.25, 0.3) is 0 Å². The molecule has 0 aliphatic carbocycles. The fourth-order valence-electron chi connectivity index (χ4n) is 1.82. The molecule has 6 nitrogen and oxygen atoms in total. The van der Waals surface area contributed by atoms with Crippen molar-refractivity contribution in [3.05, 3.63) is 22.8 Å². The molecule has 0 unspecified atom stereocenters. The fraction of sp³-hybridized carbons (Fsp3) is 0.538. The molecule has 0 radical (unpaired) electrons. The van der Waals surface area contributed by atoms with Gasteiger partial charge >= 0.3 is 0 Å². The molecule has 2 aromatic heterocycles. The van der Waals surface area contributed by atoms with E-state index in [-0.39, 0.29) is 0 Å². The molecule has 0 bridgehead atoms. The zero-order valence-corrected chi connectivity index (χ0v) is 13.2. The van der Waals surface area contributed by atoms with E-state index in [9.17, 15) is 0 Å². The average Bonchev–Trinajstić information content (AvgIpc) is 3.01. The van der Waals surface area contributed by atoms with Crippen molar-refractivity contribution >= 4 is 16.5 Å². The van der Waals surface area contributed by atoms with E-state index in [1.165, 1.54) is 5.56 Å². The lowest BCUT2D eigenvalue weighted by atomic mass is 10.2. The number of methoxy groups -OCH3 is 1. The lowest BCUT2D eigenvalue weighted by Gasteiger charge is -2.05. The number of nitrogens with one attached hydrogen (secondary N) is 1. The molecule has 7 heteroatoms. The Hall–Kier alpha value is -1.60. The summed E-state index contributed by atoms with van der Waals surface area (Å²) < 4.78 is 7.14. The first kappa shape index (κ1) is 14.8. The zero-order valence-electron chi connectivity index (χ0n) is 12.4. The number of nitrogens with zero attached hydrogens (tertiary/aromatic N) is 4. The van der Waals surface area contributed by atoms with Crippen LogP contribution in [-0.2, 0) is 20.0 Å². The van der Waals surface area contributed by atoms with Crippen LogP contribution in [0, 0.1) is 0 Å². The summed E-state index contributed by atoms with van der Waals surface area (Å²) in [7, 11) is 7.56. The molecule has 2 rings (SSSR count). The first-order valence-corrected chi connectivity index (χ1v) is 7.31. The summed E-state index contributed by atoms with van der Waals surface area (Å²) >= 11 is 1.65. The standard InChI is InChI=1S/C13H21N5OS/c1-17(2)13-16-12(19-4)11(20-13)8-14-6-5-10-7-15-18(3)9-10/h7,9,14H,5-6,8H2,1-4H3. The van der Waals surface area contributed by atoms with Crippen molar-refractivity contribution in [1.29, 1.82) is 0 Å². The number of rotatable bonds is 7. The monoisotopic (exact) mass is 295 g/mol. The lowest BCUT2D eigenvalue weighted by Crippen LogP contribution is -2.16. The van der Waals surface area contributed by atoms with Crippen LogP contribution in [0.4, 0.5) is 5.13 Å². The van der Waals surface area contributed by atoms with Gasteiger partial charge in [-0.05, 0) is 18.5 Å². The summed E-state index contributed by atoms with van der Waals surface area (Å²) in [5.74, 6) is 0.715. The normalized spacial score (nSPS) is 10.8. The third kappa shape index (κ3) is 3.71. The Morgan fingerprint density at radius 1 is 1.45 bits per heavy atom. The van der Waals surface area contributed by atoms with Gasteiger partial charge < -0.3 is 15.0 Å². The van der Waals surface area contributed by atoms with Gasteiger partial charge in [0, 0.05) is 33.9 Å². The molecule has 0 aliphatic rings. The fourth-order valence-corrected chi connectivity index (χ4v) is 2.75. The van der Waals surface area contributed by atoms with Crippen molar-refractivity contribution in [2.45, 2.75) is 13.0 Å². The van der Waals surface area contributed by atoms with Gasteiger partial charge in [-0.15, -0.1) is 0 Å². The van der Waals surface area contributed by atoms with Crippen LogP contribution < -0.4 is 15.0 Å². The maximum atomic E-state index is 5.31. The molecular formula is C13H21N5OS. The first-order valence-electron chi connectivity index (χ1n) is 6.49. The average molecular weight is 295 g/mol. The quantitative estimate of drug-likeness (QED) is 0.780. The Morgan fingerprint density at radius 2 is 2.25 bits per heavy atom. The topological polar surface area (TPSA) is 55.2 Å². The molecule has 0 aliphatic heterocycles. The molecule has 0 aromatic carbocycles. The second kappa shape index (κ2) is 6.71. The third-order valence-electron chi connectivity index (χ3n) is 2.86. The van der Waals surface area contributed by atoms with Gasteiger partial charge in [-0.2, -0.15) is 10.1 Å². The number of hydrogen-bond donors (Lipinski definition) is 1. The maximum absolute atomic E-state index is 5.31. The smallest absolute Gasteiger partial charge is 0.230 e. The Bertz CT molecular complexity index is 549. The summed E-state index contributed by atoms with van der Waals surface area (Å²) in [5.41, 5.74) is 1.24. The summed E-state index contributed by atoms with van der Waals surface area (Å²) in [4.78, 5) is 7.56. The van der Waals surface area contributed by atoms with E-state index in [4.69, 9.17) is 4.74 Å². The molecule has 0 spiro atoms. The molecule has 0 saturated carbocycles. The van der Waals surface area contributed by atoms with Gasteiger partial charge in [0.05, 0.1) is 18.2 Å². The summed E-state index contributed by atoms with van der Waals surface area (Å²) in [6.45, 7) is 1.68. The molecule has 0 atom stereocenters. The number of thiazole rings is 1. The van der Waals surface area contributed by atoms with Crippen LogP contribution >= 0.6 is 11.3 Å². The summed E-state index contributed by atoms with van der Waals surface area (Å²) in [6, 6.07) is 0. The number of aromatic nitrogens is 3. The van der Waals surface area contributed by atoms with Crippen molar-refractivity contribution in [3.63, 3.8) is 0 Å². The largest absolute Gasteiger partial charge is 0.480 e. The Kier molecular flexibility index (Phi) is 4.97. The Morgan fingerprint density at radius 3 is 2.85 bits per heavy atom. The van der Waals surface area contributed by atoms with E-state index in [0.29, 0.717) is 5.88 Å². The predicted octanol–water partition coefficient (Wildman–Crippen LogP) is 1.28. The lowest BCUT2D eigenvalue weighted by molar-refractivity contribution is 0.395. The molecule has 1 N–H and O–H groups in total. The van der Waals surface area contributed by atoms with E-state index >= 15 is 0 Å². The van der Waals surface area contributed by atoms with Gasteiger partial charge in [0.2, 0.25) is 5.88 Å². The van der Waals surface area contributed by atoms with Gasteiger partial charge in [-0.3, -0.25) is 4.68 Å². The van der Waals surface area contributed by atoms with Crippen molar-refractivity contribution in [3.8, 4) is 5.88 Å². The maximum Gasteiger partial charge on any atom is 0.230 e. The number of anilines is 1. The number of hydrogen-bond acceptors (Lipinski definition) is 6. The second-order valence-electron chi connectivity index (χ2n) is 4.77. The van der Waals surface area contributed by atoms with Crippen molar-refractivity contribution < 1.29 is 4.74 Å². The first-order chi connectivity index (χ1) is 9.60. The predicted molar refractivity (Wildman–Crippen MR) is 81.6 cm³/mol. The molecular weight excluding hydrogens is 274 g/mol. The summed E-state index contributed by atoms with van der Waals surface area (Å²) in [5, 5.41) is 8.54. The minimum atomic E-state index is 0.715. The molecule has 2 aromatic rings. The molecule has 0 amide bonds. The second-order valence-corrected chi connectivity index (χ2v) is 5.83. The minimum absolute atomic E-state index is 0.715. The highest BCUT2D eigenvalue weighted by atomic mass is 32.1. The van der Waals surface area contributed by atoms with Gasteiger partial charge in [0.15, 0.2) is 5.13 Å². The van der Waals surface area contributed by atoms with Crippen LogP contribution in [0.25, 0.3) is 0 Å². The molecule has 0 fully saturated rings. The Balaban J connectivity index is 1.84. The number of aryl methyl sites for hydroxylation is 1. The highest BCUT2D eigenvalue weighted by Crippen LogP contribution is 2.30. The SMILES string of the molecule is COc1nc(N(C)C)sc1CNCCc1cnn(C)c1. The van der Waals surface area contributed by atoms with Crippen molar-refractivity contribution in [2.75, 3.05) is 32.6 Å². The highest BCUT2D eigenvalue weighted by molar-refractivity contribution is 7.15. The van der Waals surface area contributed by atoms with E-state index in [2.05, 4.69) is 15.4 Å². The minimum Gasteiger partial charge on any atom is -0.480 e. The number of ether oxygens (including phenoxy) is 1. The molecule has 20 heavy (non-hydrogen) atoms. The van der Waals surface area contributed by atoms with Crippen LogP contribution in [0.3, 0.4) is 0 Å². The third-order valence-corrected chi connectivity index (χ3v) is 4.06. The Labute approximate surface area is 123 Å². The van der Waals surface area contributed by atoms with E-state index in [1.807, 2.05) is 43.1 Å². The van der Waals surface area contributed by atoms with E-state index in [0.717, 1.165) is 29.5 Å². The molecule has 110 valence electrons. The molecule has 0 saturated heterocycles. The van der Waals surface area contributed by atoms with Crippen molar-refractivity contribution in [1.82, 2.24) is 20.1 Å². The van der Waals surface area contributed by atoms with E-state index < -0.39 is 0 Å². The van der Waals surface area contributed by atoms with Crippen LogP contribution in [0.1, 0.15) is 10.4 Å². The molecule has 2 heterocycles. The summed E-state index contributed by atoms with van der Waals surface area (Å²) in [6.07, 6.45) is 4.91. The van der Waals surface area contributed by atoms with Gasteiger partial charge in [-0.25, -0.2) is 0 Å². The van der Waals surface area contributed by atoms with Crippen molar-refractivity contribution in [2.24, 2.45) is 7.05 Å². The van der Waals surface area contributed by atoms with Crippen LogP contribution in [-0.4, -0.2) is 42.5 Å². The van der Waals surface area contributed by atoms with Crippen LogP contribution in [0.15, 0.2) is 12.4 Å². The zero-order chi connectivity index (χ0) is 14.5. The van der Waals surface area contributed by atoms with Crippen LogP contribution in [0.5, 0.6) is 5.88 Å².